The molecule has 0 atom stereocenters. The van der Waals surface area contributed by atoms with Crippen molar-refractivity contribution in [2.24, 2.45) is 12.2 Å². The van der Waals surface area contributed by atoms with Gasteiger partial charge in [0, 0.05) is 13.1 Å². The molecular weight excluding hydrogens is 268 g/mol. The minimum atomic E-state index is -3.88. The van der Waals surface area contributed by atoms with Gasteiger partial charge in [-0.05, 0) is 19.1 Å². The molecule has 0 aliphatic carbocycles. The minimum Gasteiger partial charge on any atom is -0.437 e. The number of sulfonamides is 1. The largest absolute Gasteiger partial charge is 0.437 e. The highest BCUT2D eigenvalue weighted by atomic mass is 32.2. The zero-order valence-electron chi connectivity index (χ0n) is 10.5. The Balaban J connectivity index is 2.45. The van der Waals surface area contributed by atoms with E-state index >= 15 is 0 Å². The lowest BCUT2D eigenvalue weighted by Crippen LogP contribution is -2.14. The van der Waals surface area contributed by atoms with Crippen molar-refractivity contribution >= 4 is 15.7 Å². The van der Waals surface area contributed by atoms with Gasteiger partial charge >= 0.3 is 0 Å². The van der Waals surface area contributed by atoms with E-state index in [1.165, 1.54) is 16.8 Å². The first-order valence-electron chi connectivity index (χ1n) is 5.39. The second-order valence-corrected chi connectivity index (χ2v) is 5.59. The van der Waals surface area contributed by atoms with E-state index in [4.69, 9.17) is 15.6 Å². The average Bonchev–Trinajstić information content (AvgIpc) is 2.59. The number of anilines is 1. The van der Waals surface area contributed by atoms with Crippen LogP contribution in [0.2, 0.25) is 0 Å². The Morgan fingerprint density at radius 2 is 2.05 bits per heavy atom. The molecule has 0 saturated heterocycles. The maximum atomic E-state index is 11.4. The number of ether oxygens (including phenoxy) is 1. The fourth-order valence-electron chi connectivity index (χ4n) is 1.66. The predicted octanol–water partition coefficient (Wildman–Crippen LogP) is 0.750. The van der Waals surface area contributed by atoms with E-state index < -0.39 is 10.0 Å². The molecule has 0 aliphatic heterocycles. The van der Waals surface area contributed by atoms with Gasteiger partial charge in [-0.1, -0.05) is 6.07 Å². The molecule has 102 valence electrons. The molecule has 0 unspecified atom stereocenters. The Labute approximate surface area is 110 Å². The van der Waals surface area contributed by atoms with Crippen LogP contribution >= 0.6 is 0 Å². The molecule has 1 aromatic carbocycles. The van der Waals surface area contributed by atoms with Crippen molar-refractivity contribution in [1.82, 2.24) is 9.78 Å². The van der Waals surface area contributed by atoms with Gasteiger partial charge in [-0.3, -0.25) is 0 Å². The summed E-state index contributed by atoms with van der Waals surface area (Å²) in [6.45, 7) is 1.82. The molecule has 2 aromatic rings. The summed E-state index contributed by atoms with van der Waals surface area (Å²) in [5, 5.41) is 9.19. The van der Waals surface area contributed by atoms with Crippen LogP contribution in [0, 0.1) is 6.92 Å². The second kappa shape index (κ2) is 4.56. The van der Waals surface area contributed by atoms with Gasteiger partial charge in [0.1, 0.15) is 4.90 Å². The molecule has 0 saturated carbocycles. The number of nitrogens with two attached hydrogens (primary N) is 2. The molecule has 19 heavy (non-hydrogen) atoms. The van der Waals surface area contributed by atoms with E-state index in [-0.39, 0.29) is 16.3 Å². The van der Waals surface area contributed by atoms with Crippen molar-refractivity contribution in [3.05, 3.63) is 30.0 Å². The highest BCUT2D eigenvalue weighted by Crippen LogP contribution is 2.31. The van der Waals surface area contributed by atoms with Crippen molar-refractivity contribution in [3.8, 4) is 11.6 Å². The number of aryl methyl sites for hydroxylation is 2. The van der Waals surface area contributed by atoms with Gasteiger partial charge in [0.05, 0.1) is 11.4 Å². The van der Waals surface area contributed by atoms with Gasteiger partial charge in [0.15, 0.2) is 5.75 Å². The smallest absolute Gasteiger partial charge is 0.240 e. The van der Waals surface area contributed by atoms with Gasteiger partial charge < -0.3 is 10.5 Å². The summed E-state index contributed by atoms with van der Waals surface area (Å²) >= 11 is 0. The zero-order valence-corrected chi connectivity index (χ0v) is 11.3. The zero-order chi connectivity index (χ0) is 14.2. The fraction of sp³-hybridized carbons (Fsp3) is 0.182. The van der Waals surface area contributed by atoms with Crippen molar-refractivity contribution < 1.29 is 13.2 Å². The van der Waals surface area contributed by atoms with Crippen LogP contribution in [0.1, 0.15) is 5.69 Å². The normalized spacial score (nSPS) is 11.5. The van der Waals surface area contributed by atoms with Crippen LogP contribution in [0.5, 0.6) is 11.6 Å². The maximum Gasteiger partial charge on any atom is 0.240 e. The first-order valence-corrected chi connectivity index (χ1v) is 6.93. The van der Waals surface area contributed by atoms with Crippen LogP contribution in [-0.4, -0.2) is 18.2 Å². The number of para-hydroxylation sites is 1. The third kappa shape index (κ3) is 2.69. The Morgan fingerprint density at radius 1 is 1.37 bits per heavy atom. The van der Waals surface area contributed by atoms with E-state index in [0.717, 1.165) is 5.69 Å². The lowest BCUT2D eigenvalue weighted by Gasteiger charge is -2.10. The molecule has 4 N–H and O–H groups in total. The van der Waals surface area contributed by atoms with E-state index in [9.17, 15) is 8.42 Å². The summed E-state index contributed by atoms with van der Waals surface area (Å²) in [5.41, 5.74) is 6.51. The molecule has 0 amide bonds. The van der Waals surface area contributed by atoms with Crippen molar-refractivity contribution in [3.63, 3.8) is 0 Å². The molecule has 0 spiro atoms. The standard InChI is InChI=1S/C11H14N4O3S/c1-7-6-10(15(2)14-7)18-8-4-3-5-9(11(8)12)19(13,16)17/h3-6H,12H2,1-2H3,(H2,13,16,17). The highest BCUT2D eigenvalue weighted by molar-refractivity contribution is 7.89. The third-order valence-electron chi connectivity index (χ3n) is 2.51. The summed E-state index contributed by atoms with van der Waals surface area (Å²) < 4.78 is 29.8. The van der Waals surface area contributed by atoms with Crippen LogP contribution < -0.4 is 15.6 Å². The second-order valence-electron chi connectivity index (χ2n) is 4.06. The first-order chi connectivity index (χ1) is 8.79. The molecule has 0 radical (unpaired) electrons. The monoisotopic (exact) mass is 282 g/mol. The lowest BCUT2D eigenvalue weighted by molar-refractivity contribution is 0.431. The third-order valence-corrected chi connectivity index (χ3v) is 3.48. The quantitative estimate of drug-likeness (QED) is 0.806. The summed E-state index contributed by atoms with van der Waals surface area (Å²) in [4.78, 5) is -0.163. The van der Waals surface area contributed by atoms with Gasteiger partial charge in [-0.15, -0.1) is 0 Å². The Hall–Kier alpha value is -2.06. The molecule has 0 aliphatic rings. The minimum absolute atomic E-state index is 0.0242. The van der Waals surface area contributed by atoms with E-state index in [1.807, 2.05) is 6.92 Å². The van der Waals surface area contributed by atoms with E-state index in [2.05, 4.69) is 5.10 Å². The van der Waals surface area contributed by atoms with Gasteiger partial charge in [-0.2, -0.15) is 5.10 Å². The lowest BCUT2D eigenvalue weighted by atomic mass is 10.3. The number of hydrogen-bond donors (Lipinski definition) is 2. The van der Waals surface area contributed by atoms with Crippen molar-refractivity contribution in [2.45, 2.75) is 11.8 Å². The van der Waals surface area contributed by atoms with Crippen LogP contribution in [-0.2, 0) is 17.1 Å². The molecular formula is C11H14N4O3S. The Bertz CT molecular complexity index is 722. The van der Waals surface area contributed by atoms with Gasteiger partial charge in [0.2, 0.25) is 15.9 Å². The molecule has 0 fully saturated rings. The fourth-order valence-corrected chi connectivity index (χ4v) is 2.33. The van der Waals surface area contributed by atoms with Crippen LogP contribution in [0.4, 0.5) is 5.69 Å². The molecule has 7 nitrogen and oxygen atoms in total. The van der Waals surface area contributed by atoms with E-state index in [1.54, 1.807) is 19.2 Å². The van der Waals surface area contributed by atoms with Crippen molar-refractivity contribution in [2.75, 3.05) is 5.73 Å². The summed E-state index contributed by atoms with van der Waals surface area (Å²) in [5.74, 6) is 0.672. The van der Waals surface area contributed by atoms with Crippen LogP contribution in [0.15, 0.2) is 29.2 Å². The summed E-state index contributed by atoms with van der Waals surface area (Å²) in [6.07, 6.45) is 0. The number of benzene rings is 1. The molecule has 2 rings (SSSR count). The number of aromatic nitrogens is 2. The van der Waals surface area contributed by atoms with Crippen LogP contribution in [0.3, 0.4) is 0 Å². The SMILES string of the molecule is Cc1cc(Oc2cccc(S(N)(=O)=O)c2N)n(C)n1. The Morgan fingerprint density at radius 3 is 2.58 bits per heavy atom. The van der Waals surface area contributed by atoms with Gasteiger partial charge in [0.25, 0.3) is 0 Å². The number of nitrogens with zero attached hydrogens (tertiary/aromatic N) is 2. The topological polar surface area (TPSA) is 113 Å². The summed E-state index contributed by atoms with van der Waals surface area (Å²) in [6, 6.07) is 6.11. The highest BCUT2D eigenvalue weighted by Gasteiger charge is 2.16. The molecule has 8 heteroatoms. The Kier molecular flexibility index (Phi) is 3.21. The van der Waals surface area contributed by atoms with E-state index in [0.29, 0.717) is 5.88 Å². The molecule has 1 aromatic heterocycles. The molecule has 0 bridgehead atoms. The number of hydrogen-bond acceptors (Lipinski definition) is 5. The first kappa shape index (κ1) is 13.4. The van der Waals surface area contributed by atoms with Gasteiger partial charge in [-0.25, -0.2) is 18.2 Å². The maximum absolute atomic E-state index is 11.4. The molecule has 1 heterocycles. The van der Waals surface area contributed by atoms with Crippen molar-refractivity contribution in [1.29, 1.82) is 0 Å². The number of primary sulfonamides is 1. The summed E-state index contributed by atoms with van der Waals surface area (Å²) in [7, 11) is -2.17. The van der Waals surface area contributed by atoms with Crippen LogP contribution in [0.25, 0.3) is 0 Å². The number of nitrogen functional groups attached to an aromatic ring is 1. The predicted molar refractivity (Wildman–Crippen MR) is 70.2 cm³/mol. The number of rotatable bonds is 3. The average molecular weight is 282 g/mol.